The predicted molar refractivity (Wildman–Crippen MR) is 122 cm³/mol. The van der Waals surface area contributed by atoms with Crippen molar-refractivity contribution in [1.82, 2.24) is 10.2 Å². The van der Waals surface area contributed by atoms with E-state index in [1.54, 1.807) is 61.7 Å². The van der Waals surface area contributed by atoms with Gasteiger partial charge in [-0.3, -0.25) is 19.3 Å². The Morgan fingerprint density at radius 1 is 0.882 bits per heavy atom. The molecule has 0 saturated heterocycles. The summed E-state index contributed by atoms with van der Waals surface area (Å²) in [4.78, 5) is 50.9. The molecule has 0 atom stereocenters. The number of esters is 1. The van der Waals surface area contributed by atoms with Crippen LogP contribution in [0.25, 0.3) is 0 Å². The monoisotopic (exact) mass is 458 g/mol. The number of ether oxygens (including phenoxy) is 2. The van der Waals surface area contributed by atoms with Crippen LogP contribution in [-0.4, -0.2) is 42.3 Å². The fourth-order valence-corrected chi connectivity index (χ4v) is 3.67. The average Bonchev–Trinajstić information content (AvgIpc) is 3.11. The summed E-state index contributed by atoms with van der Waals surface area (Å²) < 4.78 is 10.4. The van der Waals surface area contributed by atoms with Crippen LogP contribution < -0.4 is 10.1 Å². The number of carbonyl (C=O) groups is 4. The number of imide groups is 1. The van der Waals surface area contributed by atoms with Gasteiger partial charge in [-0.25, -0.2) is 4.79 Å². The van der Waals surface area contributed by atoms with Crippen LogP contribution in [-0.2, 0) is 22.6 Å². The van der Waals surface area contributed by atoms with E-state index in [4.69, 9.17) is 9.47 Å². The Morgan fingerprint density at radius 2 is 1.56 bits per heavy atom. The molecular weight excluding hydrogens is 436 g/mol. The first-order chi connectivity index (χ1) is 16.5. The highest BCUT2D eigenvalue weighted by atomic mass is 16.5. The number of hydrogen-bond donors (Lipinski definition) is 1. The standard InChI is InChI=1S/C26H22N2O6/c1-33-22-12-5-2-8-19(22)14-27-23(29)16-34-26(32)18-9-6-7-17(13-18)15-28-24(30)20-10-3-4-11-21(20)25(28)31/h2-13H,14-16H2,1H3,(H,27,29). The molecule has 0 bridgehead atoms. The maximum absolute atomic E-state index is 12.6. The van der Waals surface area contributed by atoms with Gasteiger partial charge in [-0.2, -0.15) is 0 Å². The third-order valence-electron chi connectivity index (χ3n) is 5.38. The van der Waals surface area contributed by atoms with Gasteiger partial charge >= 0.3 is 5.97 Å². The molecule has 3 aromatic rings. The topological polar surface area (TPSA) is 102 Å². The first-order valence-corrected chi connectivity index (χ1v) is 10.6. The maximum atomic E-state index is 12.6. The summed E-state index contributed by atoms with van der Waals surface area (Å²) in [5.41, 5.74) is 2.33. The molecule has 3 amide bonds. The summed E-state index contributed by atoms with van der Waals surface area (Å²) in [5.74, 6) is -1.24. The summed E-state index contributed by atoms with van der Waals surface area (Å²) in [6.07, 6.45) is 0. The van der Waals surface area contributed by atoms with Gasteiger partial charge in [0.05, 0.1) is 30.3 Å². The van der Waals surface area contributed by atoms with Crippen LogP contribution in [0.4, 0.5) is 0 Å². The lowest BCUT2D eigenvalue weighted by Gasteiger charge is -2.14. The van der Waals surface area contributed by atoms with E-state index >= 15 is 0 Å². The number of carbonyl (C=O) groups excluding carboxylic acids is 4. The second-order valence-electron chi connectivity index (χ2n) is 7.61. The highest BCUT2D eigenvalue weighted by molar-refractivity contribution is 6.21. The number of nitrogens with zero attached hydrogens (tertiary/aromatic N) is 1. The minimum atomic E-state index is -0.684. The molecule has 0 aliphatic carbocycles. The van der Waals surface area contributed by atoms with Crippen molar-refractivity contribution in [2.45, 2.75) is 13.1 Å². The molecule has 0 radical (unpaired) electrons. The molecule has 0 fully saturated rings. The van der Waals surface area contributed by atoms with Gasteiger partial charge in [0.2, 0.25) is 0 Å². The molecule has 172 valence electrons. The second-order valence-corrected chi connectivity index (χ2v) is 7.61. The quantitative estimate of drug-likeness (QED) is 0.411. The Hall–Kier alpha value is -4.46. The zero-order chi connectivity index (χ0) is 24.1. The van der Waals surface area contributed by atoms with Crippen molar-refractivity contribution in [3.63, 3.8) is 0 Å². The molecule has 1 aliphatic rings. The van der Waals surface area contributed by atoms with E-state index in [0.717, 1.165) is 10.5 Å². The largest absolute Gasteiger partial charge is 0.496 e. The van der Waals surface area contributed by atoms with Gasteiger partial charge in [-0.1, -0.05) is 42.5 Å². The number of nitrogens with one attached hydrogen (secondary N) is 1. The molecule has 1 N–H and O–H groups in total. The van der Waals surface area contributed by atoms with Crippen molar-refractivity contribution in [2.75, 3.05) is 13.7 Å². The third kappa shape index (κ3) is 4.80. The number of amides is 3. The van der Waals surface area contributed by atoms with E-state index in [1.807, 2.05) is 18.2 Å². The van der Waals surface area contributed by atoms with Crippen molar-refractivity contribution in [2.24, 2.45) is 0 Å². The van der Waals surface area contributed by atoms with Crippen molar-refractivity contribution < 1.29 is 28.7 Å². The van der Waals surface area contributed by atoms with Gasteiger partial charge in [0.25, 0.3) is 17.7 Å². The normalized spacial score (nSPS) is 12.3. The van der Waals surface area contributed by atoms with E-state index in [2.05, 4.69) is 5.32 Å². The Bertz CT molecular complexity index is 1230. The molecule has 8 heteroatoms. The molecule has 3 aromatic carbocycles. The molecule has 0 aromatic heterocycles. The number of para-hydroxylation sites is 1. The minimum absolute atomic E-state index is 0.0207. The molecule has 1 heterocycles. The summed E-state index contributed by atoms with van der Waals surface area (Å²) in [5, 5.41) is 2.68. The Morgan fingerprint density at radius 3 is 2.26 bits per heavy atom. The number of hydrogen-bond acceptors (Lipinski definition) is 6. The van der Waals surface area contributed by atoms with Gasteiger partial charge < -0.3 is 14.8 Å². The predicted octanol–water partition coefficient (Wildman–Crippen LogP) is 2.96. The fraction of sp³-hybridized carbons (Fsp3) is 0.154. The fourth-order valence-electron chi connectivity index (χ4n) is 3.67. The maximum Gasteiger partial charge on any atom is 0.338 e. The summed E-state index contributed by atoms with van der Waals surface area (Å²) in [7, 11) is 1.55. The lowest BCUT2D eigenvalue weighted by molar-refractivity contribution is -0.124. The highest BCUT2D eigenvalue weighted by Crippen LogP contribution is 2.24. The molecule has 8 nitrogen and oxygen atoms in total. The molecule has 0 saturated carbocycles. The van der Waals surface area contributed by atoms with Gasteiger partial charge in [0, 0.05) is 12.1 Å². The number of benzene rings is 3. The van der Waals surface area contributed by atoms with E-state index in [-0.39, 0.29) is 30.5 Å². The van der Waals surface area contributed by atoms with Crippen LogP contribution in [0.15, 0.2) is 72.8 Å². The lowest BCUT2D eigenvalue weighted by Crippen LogP contribution is -2.29. The number of fused-ring (bicyclic) bond motifs is 1. The number of rotatable bonds is 8. The SMILES string of the molecule is COc1ccccc1CNC(=O)COC(=O)c1cccc(CN2C(=O)c3ccccc3C2=O)c1. The number of methoxy groups -OCH3 is 1. The summed E-state index contributed by atoms with van der Waals surface area (Å²) >= 11 is 0. The molecule has 0 unspecified atom stereocenters. The molecule has 4 rings (SSSR count). The van der Waals surface area contributed by atoms with Gasteiger partial charge in [0.15, 0.2) is 6.61 Å². The Labute approximate surface area is 196 Å². The molecular formula is C26H22N2O6. The van der Waals surface area contributed by atoms with Gasteiger partial charge in [-0.15, -0.1) is 0 Å². The van der Waals surface area contributed by atoms with E-state index < -0.39 is 18.5 Å². The molecule has 0 spiro atoms. The average molecular weight is 458 g/mol. The lowest BCUT2D eigenvalue weighted by atomic mass is 10.1. The van der Waals surface area contributed by atoms with Crippen LogP contribution >= 0.6 is 0 Å². The smallest absolute Gasteiger partial charge is 0.338 e. The Kier molecular flexibility index (Phi) is 6.68. The van der Waals surface area contributed by atoms with Crippen LogP contribution in [0.5, 0.6) is 5.75 Å². The van der Waals surface area contributed by atoms with Gasteiger partial charge in [-0.05, 0) is 35.9 Å². The van der Waals surface area contributed by atoms with Crippen molar-refractivity contribution >= 4 is 23.7 Å². The van der Waals surface area contributed by atoms with Gasteiger partial charge in [0.1, 0.15) is 5.75 Å². The van der Waals surface area contributed by atoms with Crippen molar-refractivity contribution in [3.8, 4) is 5.75 Å². The van der Waals surface area contributed by atoms with Crippen LogP contribution in [0, 0.1) is 0 Å². The summed E-state index contributed by atoms with van der Waals surface area (Å²) in [6, 6.07) is 20.3. The molecule has 1 aliphatic heterocycles. The zero-order valence-corrected chi connectivity index (χ0v) is 18.4. The van der Waals surface area contributed by atoms with E-state index in [1.165, 1.54) is 0 Å². The summed E-state index contributed by atoms with van der Waals surface area (Å²) in [6.45, 7) is -0.195. The molecule has 34 heavy (non-hydrogen) atoms. The highest BCUT2D eigenvalue weighted by Gasteiger charge is 2.35. The van der Waals surface area contributed by atoms with E-state index in [9.17, 15) is 19.2 Å². The first kappa shape index (κ1) is 22.7. The first-order valence-electron chi connectivity index (χ1n) is 10.6. The minimum Gasteiger partial charge on any atom is -0.496 e. The van der Waals surface area contributed by atoms with Crippen molar-refractivity contribution in [3.05, 3.63) is 101 Å². The van der Waals surface area contributed by atoms with Crippen LogP contribution in [0.2, 0.25) is 0 Å². The third-order valence-corrected chi connectivity index (χ3v) is 5.38. The Balaban J connectivity index is 1.33. The zero-order valence-electron chi connectivity index (χ0n) is 18.4. The van der Waals surface area contributed by atoms with Crippen LogP contribution in [0.3, 0.4) is 0 Å². The second kappa shape index (κ2) is 9.99. The van der Waals surface area contributed by atoms with Crippen molar-refractivity contribution in [1.29, 1.82) is 0 Å². The van der Waals surface area contributed by atoms with E-state index in [0.29, 0.717) is 22.4 Å². The van der Waals surface area contributed by atoms with Crippen LogP contribution in [0.1, 0.15) is 42.2 Å².